The highest BCUT2D eigenvalue weighted by Crippen LogP contribution is 2.29. The lowest BCUT2D eigenvalue weighted by molar-refractivity contribution is -0.274. The van der Waals surface area contributed by atoms with Gasteiger partial charge in [-0.2, -0.15) is 0 Å². The minimum atomic E-state index is -4.73. The average Bonchev–Trinajstić information content (AvgIpc) is 3.32. The number of hydrogen-bond acceptors (Lipinski definition) is 6. The standard InChI is InChI=1S/C26H23F3N4O3/c1-2-35-25(34)24-23(30-32-31-24)17-33(16-18-6-4-3-5-7-18)21-12-8-19(9-13-21)20-10-14-22(15-11-20)36-26(27,28)29/h3-15H,2,16-17H2,1H3,(H,30,31,32). The van der Waals surface area contributed by atoms with E-state index in [-0.39, 0.29) is 18.1 Å². The summed E-state index contributed by atoms with van der Waals surface area (Å²) >= 11 is 0. The molecule has 0 atom stereocenters. The van der Waals surface area contributed by atoms with Crippen molar-refractivity contribution >= 4 is 11.7 Å². The van der Waals surface area contributed by atoms with Crippen LogP contribution in [-0.2, 0) is 17.8 Å². The number of alkyl halides is 3. The minimum absolute atomic E-state index is 0.202. The fraction of sp³-hybridized carbons (Fsp3) is 0.192. The Kier molecular flexibility index (Phi) is 7.53. The summed E-state index contributed by atoms with van der Waals surface area (Å²) in [6.45, 7) is 2.79. The van der Waals surface area contributed by atoms with E-state index in [1.807, 2.05) is 59.5 Å². The van der Waals surface area contributed by atoms with Gasteiger partial charge < -0.3 is 14.4 Å². The van der Waals surface area contributed by atoms with Gasteiger partial charge in [0.15, 0.2) is 5.69 Å². The number of esters is 1. The highest BCUT2D eigenvalue weighted by molar-refractivity contribution is 5.88. The average molecular weight is 496 g/mol. The summed E-state index contributed by atoms with van der Waals surface area (Å²) < 4.78 is 46.3. The van der Waals surface area contributed by atoms with Gasteiger partial charge in [-0.1, -0.05) is 59.8 Å². The molecule has 7 nitrogen and oxygen atoms in total. The summed E-state index contributed by atoms with van der Waals surface area (Å²) in [7, 11) is 0. The lowest BCUT2D eigenvalue weighted by Crippen LogP contribution is -2.24. The summed E-state index contributed by atoms with van der Waals surface area (Å²) in [4.78, 5) is 14.3. The van der Waals surface area contributed by atoms with E-state index in [4.69, 9.17) is 4.74 Å². The molecular weight excluding hydrogens is 473 g/mol. The number of H-pyrrole nitrogens is 1. The van der Waals surface area contributed by atoms with Crippen LogP contribution in [0.5, 0.6) is 5.75 Å². The van der Waals surface area contributed by atoms with Crippen molar-refractivity contribution in [3.8, 4) is 16.9 Å². The van der Waals surface area contributed by atoms with Crippen molar-refractivity contribution in [1.82, 2.24) is 15.4 Å². The summed E-state index contributed by atoms with van der Waals surface area (Å²) in [6, 6.07) is 23.1. The number of ether oxygens (including phenoxy) is 2. The normalized spacial score (nSPS) is 11.2. The molecule has 1 aromatic heterocycles. The van der Waals surface area contributed by atoms with Crippen LogP contribution in [-0.4, -0.2) is 34.3 Å². The first-order valence-corrected chi connectivity index (χ1v) is 11.1. The second-order valence-corrected chi connectivity index (χ2v) is 7.81. The molecule has 4 rings (SSSR count). The molecular formula is C26H23F3N4O3. The number of benzene rings is 3. The fourth-order valence-corrected chi connectivity index (χ4v) is 3.66. The van der Waals surface area contributed by atoms with E-state index < -0.39 is 12.3 Å². The Bertz CT molecular complexity index is 1270. The molecule has 0 amide bonds. The van der Waals surface area contributed by atoms with Crippen molar-refractivity contribution in [2.45, 2.75) is 26.4 Å². The Morgan fingerprint density at radius 3 is 2.17 bits per heavy atom. The minimum Gasteiger partial charge on any atom is -0.461 e. The van der Waals surface area contributed by atoms with Crippen LogP contribution < -0.4 is 9.64 Å². The van der Waals surface area contributed by atoms with Crippen molar-refractivity contribution in [3.63, 3.8) is 0 Å². The van der Waals surface area contributed by atoms with Gasteiger partial charge in [-0.3, -0.25) is 5.10 Å². The van der Waals surface area contributed by atoms with Crippen LogP contribution in [0.25, 0.3) is 11.1 Å². The molecule has 0 aliphatic carbocycles. The first-order chi connectivity index (χ1) is 17.3. The van der Waals surface area contributed by atoms with Gasteiger partial charge in [0.05, 0.1) is 13.2 Å². The largest absolute Gasteiger partial charge is 0.573 e. The first-order valence-electron chi connectivity index (χ1n) is 11.1. The molecule has 4 aromatic rings. The van der Waals surface area contributed by atoms with Crippen LogP contribution in [0.3, 0.4) is 0 Å². The Labute approximate surface area is 205 Å². The number of rotatable bonds is 9. The van der Waals surface area contributed by atoms with E-state index in [0.717, 1.165) is 22.4 Å². The molecule has 0 radical (unpaired) electrons. The van der Waals surface area contributed by atoms with Gasteiger partial charge in [-0.25, -0.2) is 4.79 Å². The lowest BCUT2D eigenvalue weighted by atomic mass is 10.0. The molecule has 36 heavy (non-hydrogen) atoms. The predicted molar refractivity (Wildman–Crippen MR) is 127 cm³/mol. The number of hydrogen-bond donors (Lipinski definition) is 1. The van der Waals surface area contributed by atoms with E-state index in [1.54, 1.807) is 19.1 Å². The second-order valence-electron chi connectivity index (χ2n) is 7.81. The maximum atomic E-state index is 12.4. The third-order valence-corrected chi connectivity index (χ3v) is 5.31. The molecule has 0 saturated carbocycles. The molecule has 0 spiro atoms. The number of nitrogens with one attached hydrogen (secondary N) is 1. The van der Waals surface area contributed by atoms with Crippen LogP contribution in [0.1, 0.15) is 28.7 Å². The molecule has 3 aromatic carbocycles. The maximum Gasteiger partial charge on any atom is 0.573 e. The zero-order valence-corrected chi connectivity index (χ0v) is 19.3. The molecule has 10 heteroatoms. The summed E-state index contributed by atoms with van der Waals surface area (Å²) in [5.74, 6) is -0.799. The SMILES string of the molecule is CCOC(=O)c1[nH]nnc1CN(Cc1ccccc1)c1ccc(-c2ccc(OC(F)(F)F)cc2)cc1. The summed E-state index contributed by atoms with van der Waals surface area (Å²) in [5, 5.41) is 10.5. The van der Waals surface area contributed by atoms with Gasteiger partial charge in [-0.15, -0.1) is 18.3 Å². The van der Waals surface area contributed by atoms with Gasteiger partial charge in [0.25, 0.3) is 0 Å². The number of aromatic amines is 1. The zero-order chi connectivity index (χ0) is 25.5. The third-order valence-electron chi connectivity index (χ3n) is 5.31. The maximum absolute atomic E-state index is 12.4. The number of nitrogens with zero attached hydrogens (tertiary/aromatic N) is 3. The van der Waals surface area contributed by atoms with Gasteiger partial charge in [0.2, 0.25) is 0 Å². The molecule has 0 saturated heterocycles. The quantitative estimate of drug-likeness (QED) is 0.297. The van der Waals surface area contributed by atoms with Crippen molar-refractivity contribution in [2.75, 3.05) is 11.5 Å². The summed E-state index contributed by atoms with van der Waals surface area (Å²) in [6.07, 6.45) is -4.73. The van der Waals surface area contributed by atoms with Crippen molar-refractivity contribution in [3.05, 3.63) is 95.8 Å². The van der Waals surface area contributed by atoms with Crippen LogP contribution in [0.4, 0.5) is 18.9 Å². The zero-order valence-electron chi connectivity index (χ0n) is 19.3. The van der Waals surface area contributed by atoms with Gasteiger partial charge in [0, 0.05) is 12.2 Å². The number of halogens is 3. The lowest BCUT2D eigenvalue weighted by Gasteiger charge is -2.25. The highest BCUT2D eigenvalue weighted by atomic mass is 19.4. The number of aromatic nitrogens is 3. The molecule has 0 fully saturated rings. The van der Waals surface area contributed by atoms with Gasteiger partial charge in [-0.05, 0) is 47.9 Å². The molecule has 1 N–H and O–H groups in total. The van der Waals surface area contributed by atoms with Gasteiger partial charge in [0.1, 0.15) is 11.4 Å². The van der Waals surface area contributed by atoms with Crippen LogP contribution in [0.15, 0.2) is 78.9 Å². The Hall–Kier alpha value is -4.34. The molecule has 1 heterocycles. The molecule has 0 aliphatic rings. The first kappa shape index (κ1) is 24.8. The van der Waals surface area contributed by atoms with E-state index in [9.17, 15) is 18.0 Å². The van der Waals surface area contributed by atoms with E-state index in [0.29, 0.717) is 18.8 Å². The van der Waals surface area contributed by atoms with E-state index in [1.165, 1.54) is 12.1 Å². The number of carbonyl (C=O) groups excluding carboxylic acids is 1. The third kappa shape index (κ3) is 6.41. The Morgan fingerprint density at radius 2 is 1.56 bits per heavy atom. The number of anilines is 1. The van der Waals surface area contributed by atoms with Gasteiger partial charge >= 0.3 is 12.3 Å². The van der Waals surface area contributed by atoms with Crippen LogP contribution in [0.2, 0.25) is 0 Å². The summed E-state index contributed by atoms with van der Waals surface area (Å²) in [5.41, 5.74) is 4.14. The smallest absolute Gasteiger partial charge is 0.461 e. The van der Waals surface area contributed by atoms with Crippen molar-refractivity contribution in [2.24, 2.45) is 0 Å². The predicted octanol–water partition coefficient (Wildman–Crippen LogP) is 5.75. The number of carbonyl (C=O) groups is 1. The highest BCUT2D eigenvalue weighted by Gasteiger charge is 2.31. The van der Waals surface area contributed by atoms with E-state index in [2.05, 4.69) is 20.1 Å². The molecule has 0 bridgehead atoms. The van der Waals surface area contributed by atoms with E-state index >= 15 is 0 Å². The topological polar surface area (TPSA) is 80.3 Å². The van der Waals surface area contributed by atoms with Crippen molar-refractivity contribution < 1.29 is 27.4 Å². The Morgan fingerprint density at radius 1 is 0.917 bits per heavy atom. The van der Waals surface area contributed by atoms with Crippen molar-refractivity contribution in [1.29, 1.82) is 0 Å². The fourth-order valence-electron chi connectivity index (χ4n) is 3.66. The monoisotopic (exact) mass is 496 g/mol. The van der Waals surface area contributed by atoms with Crippen LogP contribution in [0, 0.1) is 0 Å². The molecule has 0 unspecified atom stereocenters. The second kappa shape index (κ2) is 10.9. The van der Waals surface area contributed by atoms with Crippen LogP contribution >= 0.6 is 0 Å². The Balaban J connectivity index is 1.57. The molecule has 0 aliphatic heterocycles. The molecule has 186 valence electrons.